The highest BCUT2D eigenvalue weighted by Gasteiger charge is 2.43. The van der Waals surface area contributed by atoms with Crippen molar-refractivity contribution in [1.82, 2.24) is 0 Å². The van der Waals surface area contributed by atoms with Gasteiger partial charge in [-0.25, -0.2) is 4.79 Å². The van der Waals surface area contributed by atoms with Gasteiger partial charge < -0.3 is 24.2 Å². The zero-order valence-corrected chi connectivity index (χ0v) is 26.0. The normalized spacial score (nSPS) is 16.9. The summed E-state index contributed by atoms with van der Waals surface area (Å²) in [7, 11) is 0. The van der Waals surface area contributed by atoms with Crippen molar-refractivity contribution in [3.63, 3.8) is 0 Å². The maximum atomic E-state index is 13.4. The predicted octanol–water partition coefficient (Wildman–Crippen LogP) is 5.97. The van der Waals surface area contributed by atoms with Crippen LogP contribution in [0, 0.1) is 16.7 Å². The summed E-state index contributed by atoms with van der Waals surface area (Å²) < 4.78 is 16.2. The van der Waals surface area contributed by atoms with Crippen LogP contribution in [0.3, 0.4) is 0 Å². The SMILES string of the molecule is CCC(C)(CC(CC(C)(C)C(=O)O/N=C/c1c2ccccc2cc2ccccc12)C(=O)OCCCCO)C(=O)OCC1CO1. The lowest BCUT2D eigenvalue weighted by molar-refractivity contribution is -0.162. The number of epoxide rings is 1. The van der Waals surface area contributed by atoms with Crippen LogP contribution < -0.4 is 0 Å². The van der Waals surface area contributed by atoms with E-state index in [0.29, 0.717) is 25.9 Å². The lowest BCUT2D eigenvalue weighted by atomic mass is 9.73. The number of oxime groups is 1. The van der Waals surface area contributed by atoms with E-state index in [0.717, 1.165) is 27.1 Å². The van der Waals surface area contributed by atoms with E-state index in [1.807, 2.05) is 55.5 Å². The first-order valence-corrected chi connectivity index (χ1v) is 15.3. The zero-order valence-electron chi connectivity index (χ0n) is 26.0. The number of fused-ring (bicyclic) bond motifs is 2. The minimum Gasteiger partial charge on any atom is -0.465 e. The summed E-state index contributed by atoms with van der Waals surface area (Å²) in [5, 5.41) is 17.2. The van der Waals surface area contributed by atoms with E-state index < -0.39 is 34.7 Å². The summed E-state index contributed by atoms with van der Waals surface area (Å²) in [5.74, 6) is -2.32. The number of ether oxygens (including phenoxy) is 3. The molecule has 236 valence electrons. The van der Waals surface area contributed by atoms with Gasteiger partial charge >= 0.3 is 17.9 Å². The maximum absolute atomic E-state index is 13.4. The summed E-state index contributed by atoms with van der Waals surface area (Å²) in [6, 6.07) is 18.0. The second kappa shape index (κ2) is 14.8. The molecule has 0 aromatic heterocycles. The number of aliphatic hydroxyl groups excluding tert-OH is 1. The number of nitrogens with zero attached hydrogens (tertiary/aromatic N) is 1. The quantitative estimate of drug-likeness (QED) is 0.0403. The average molecular weight is 606 g/mol. The van der Waals surface area contributed by atoms with Crippen molar-refractivity contribution < 1.29 is 38.5 Å². The fourth-order valence-electron chi connectivity index (χ4n) is 5.30. The van der Waals surface area contributed by atoms with E-state index >= 15 is 0 Å². The lowest BCUT2D eigenvalue weighted by Gasteiger charge is -2.32. The molecule has 1 aliphatic heterocycles. The number of rotatable bonds is 16. The van der Waals surface area contributed by atoms with Crippen molar-refractivity contribution in [2.45, 2.75) is 65.9 Å². The Morgan fingerprint density at radius 3 is 2.20 bits per heavy atom. The van der Waals surface area contributed by atoms with Crippen molar-refractivity contribution in [1.29, 1.82) is 0 Å². The molecule has 3 unspecified atom stereocenters. The summed E-state index contributed by atoms with van der Waals surface area (Å²) in [6.07, 6.45) is 3.13. The van der Waals surface area contributed by atoms with Crippen molar-refractivity contribution in [3.05, 3.63) is 60.2 Å². The van der Waals surface area contributed by atoms with Gasteiger partial charge in [0.25, 0.3) is 0 Å². The molecule has 3 aromatic carbocycles. The number of aliphatic hydroxyl groups is 1. The molecule has 1 heterocycles. The summed E-state index contributed by atoms with van der Waals surface area (Å²) in [5.41, 5.74) is -1.27. The molecule has 1 fully saturated rings. The van der Waals surface area contributed by atoms with Crippen molar-refractivity contribution in [3.8, 4) is 0 Å². The highest BCUT2D eigenvalue weighted by molar-refractivity contribution is 6.13. The number of carbonyl (C=O) groups is 3. The number of hydrogen-bond acceptors (Lipinski definition) is 9. The Morgan fingerprint density at radius 1 is 0.977 bits per heavy atom. The van der Waals surface area contributed by atoms with Gasteiger partial charge in [0, 0.05) is 12.2 Å². The fourth-order valence-corrected chi connectivity index (χ4v) is 5.30. The molecule has 9 heteroatoms. The van der Waals surface area contributed by atoms with E-state index in [1.54, 1.807) is 27.0 Å². The Hall–Kier alpha value is -3.82. The van der Waals surface area contributed by atoms with Crippen LogP contribution >= 0.6 is 0 Å². The van der Waals surface area contributed by atoms with Crippen LogP contribution in [0.5, 0.6) is 0 Å². The largest absolute Gasteiger partial charge is 0.465 e. The maximum Gasteiger partial charge on any atom is 0.340 e. The predicted molar refractivity (Wildman–Crippen MR) is 168 cm³/mol. The summed E-state index contributed by atoms with van der Waals surface area (Å²) in [4.78, 5) is 45.2. The highest BCUT2D eigenvalue weighted by Crippen LogP contribution is 2.38. The Balaban J connectivity index is 1.50. The minimum absolute atomic E-state index is 0.000603. The van der Waals surface area contributed by atoms with Gasteiger partial charge in [0.1, 0.15) is 12.7 Å². The molecule has 4 rings (SSSR count). The van der Waals surface area contributed by atoms with E-state index in [4.69, 9.17) is 24.2 Å². The van der Waals surface area contributed by atoms with E-state index in [1.165, 1.54) is 0 Å². The summed E-state index contributed by atoms with van der Waals surface area (Å²) >= 11 is 0. The van der Waals surface area contributed by atoms with Gasteiger partial charge in [0.2, 0.25) is 0 Å². The molecule has 0 saturated carbocycles. The molecule has 0 amide bonds. The number of benzene rings is 3. The number of carbonyl (C=O) groups excluding carboxylic acids is 3. The van der Waals surface area contributed by atoms with Gasteiger partial charge in [-0.05, 0) is 80.5 Å². The lowest BCUT2D eigenvalue weighted by Crippen LogP contribution is -2.38. The monoisotopic (exact) mass is 605 g/mol. The van der Waals surface area contributed by atoms with Gasteiger partial charge in [-0.3, -0.25) is 9.59 Å². The van der Waals surface area contributed by atoms with E-state index in [-0.39, 0.29) is 38.8 Å². The molecular weight excluding hydrogens is 562 g/mol. The fraction of sp³-hybridized carbons (Fsp3) is 0.486. The molecule has 0 radical (unpaired) electrons. The second-order valence-electron chi connectivity index (χ2n) is 12.4. The zero-order chi connectivity index (χ0) is 31.7. The van der Waals surface area contributed by atoms with Crippen LogP contribution in [-0.4, -0.2) is 61.8 Å². The first-order valence-electron chi connectivity index (χ1n) is 15.3. The van der Waals surface area contributed by atoms with Crippen molar-refractivity contribution in [2.75, 3.05) is 26.4 Å². The van der Waals surface area contributed by atoms with Gasteiger partial charge in [0.15, 0.2) is 0 Å². The molecule has 0 aliphatic carbocycles. The molecule has 0 bridgehead atoms. The molecule has 1 N–H and O–H groups in total. The minimum atomic E-state index is -1.13. The Labute approximate surface area is 258 Å². The van der Waals surface area contributed by atoms with Crippen molar-refractivity contribution >= 4 is 45.7 Å². The topological polar surface area (TPSA) is 124 Å². The Kier molecular flexibility index (Phi) is 11.1. The average Bonchev–Trinajstić information content (AvgIpc) is 3.85. The van der Waals surface area contributed by atoms with Crippen LogP contribution in [-0.2, 0) is 33.4 Å². The van der Waals surface area contributed by atoms with Gasteiger partial charge in [-0.15, -0.1) is 0 Å². The first-order chi connectivity index (χ1) is 21.1. The number of hydrogen-bond donors (Lipinski definition) is 1. The third kappa shape index (κ3) is 8.42. The first kappa shape index (κ1) is 33.1. The molecule has 44 heavy (non-hydrogen) atoms. The van der Waals surface area contributed by atoms with Crippen molar-refractivity contribution in [2.24, 2.45) is 21.9 Å². The number of unbranched alkanes of at least 4 members (excludes halogenated alkanes) is 1. The van der Waals surface area contributed by atoms with E-state index in [2.05, 4.69) is 11.2 Å². The Morgan fingerprint density at radius 2 is 1.61 bits per heavy atom. The van der Waals surface area contributed by atoms with Crippen LogP contribution in [0.25, 0.3) is 21.5 Å². The van der Waals surface area contributed by atoms with Crippen LogP contribution in [0.2, 0.25) is 0 Å². The molecule has 3 aromatic rings. The molecule has 1 aliphatic rings. The van der Waals surface area contributed by atoms with E-state index in [9.17, 15) is 14.4 Å². The Bertz CT molecular complexity index is 1440. The van der Waals surface area contributed by atoms with Gasteiger partial charge in [-0.1, -0.05) is 60.6 Å². The second-order valence-corrected chi connectivity index (χ2v) is 12.4. The highest BCUT2D eigenvalue weighted by atomic mass is 16.7. The third-order valence-corrected chi connectivity index (χ3v) is 8.34. The van der Waals surface area contributed by atoms with Crippen LogP contribution in [0.4, 0.5) is 0 Å². The van der Waals surface area contributed by atoms with Gasteiger partial charge in [0.05, 0.1) is 36.2 Å². The summed E-state index contributed by atoms with van der Waals surface area (Å²) in [6.45, 7) is 7.88. The molecular formula is C35H43NO8. The van der Waals surface area contributed by atoms with Crippen LogP contribution in [0.1, 0.15) is 65.4 Å². The smallest absolute Gasteiger partial charge is 0.340 e. The molecule has 3 atom stereocenters. The third-order valence-electron chi connectivity index (χ3n) is 8.34. The molecule has 1 saturated heterocycles. The van der Waals surface area contributed by atoms with Gasteiger partial charge in [-0.2, -0.15) is 0 Å². The standard InChI is InChI=1S/C35H43NO8/c1-5-35(4,33(40)43-23-27-22-42-27)20-26(31(38)41-17-11-10-16-37)19-34(2,3)32(39)44-36-21-30-28-14-8-6-12-24(28)18-25-13-7-9-15-29(25)30/h6-9,12-15,18,21,26-27,37H,5,10-11,16-17,19-20,22-23H2,1-4H3/b36-21+. The number of esters is 2. The van der Waals surface area contributed by atoms with Crippen LogP contribution in [0.15, 0.2) is 59.8 Å². The molecule has 9 nitrogen and oxygen atoms in total. The molecule has 0 spiro atoms.